The van der Waals surface area contributed by atoms with Crippen molar-refractivity contribution in [2.24, 2.45) is 0 Å². The van der Waals surface area contributed by atoms with Crippen LogP contribution in [0.1, 0.15) is 122 Å². The molecule has 0 aromatic heterocycles. The summed E-state index contributed by atoms with van der Waals surface area (Å²) in [4.78, 5) is 0. The van der Waals surface area contributed by atoms with E-state index in [4.69, 9.17) is 4.74 Å². The summed E-state index contributed by atoms with van der Waals surface area (Å²) in [6.45, 7) is 6.57. The van der Waals surface area contributed by atoms with Crippen LogP contribution in [0.3, 0.4) is 0 Å². The first kappa shape index (κ1) is 26.9. The Hall–Kier alpha value is -0.160. The van der Waals surface area contributed by atoms with E-state index in [9.17, 15) is 5.21 Å². The zero-order chi connectivity index (χ0) is 20.8. The molecule has 1 unspecified atom stereocenters. The third-order valence-electron chi connectivity index (χ3n) is 6.29. The van der Waals surface area contributed by atoms with Crippen molar-refractivity contribution < 1.29 is 9.94 Å². The van der Waals surface area contributed by atoms with Crippen molar-refractivity contribution >= 4 is 0 Å². The summed E-state index contributed by atoms with van der Waals surface area (Å²) in [6.07, 6.45) is 24.6. The van der Waals surface area contributed by atoms with Gasteiger partial charge in [0.15, 0.2) is 0 Å². The van der Waals surface area contributed by atoms with Gasteiger partial charge in [-0.1, -0.05) is 103 Å². The molecule has 1 aliphatic rings. The highest BCUT2D eigenvalue weighted by atomic mass is 16.5. The highest BCUT2D eigenvalue weighted by Crippen LogP contribution is 2.14. The Morgan fingerprint density at radius 3 is 1.72 bits per heavy atom. The molecule has 0 aliphatic carbocycles. The Balaban J connectivity index is 1.67. The molecule has 4 heteroatoms. The second kappa shape index (κ2) is 21.1. The maximum absolute atomic E-state index is 9.78. The van der Waals surface area contributed by atoms with Gasteiger partial charge < -0.3 is 15.3 Å². The molecule has 1 saturated heterocycles. The highest BCUT2D eigenvalue weighted by molar-refractivity contribution is 4.74. The normalized spacial score (nSPS) is 17.8. The van der Waals surface area contributed by atoms with Crippen LogP contribution in [0.4, 0.5) is 0 Å². The van der Waals surface area contributed by atoms with Gasteiger partial charge in [-0.3, -0.25) is 0 Å². The third kappa shape index (κ3) is 17.2. The number of hydrogen-bond acceptors (Lipinski definition) is 4. The number of ether oxygens (including phenoxy) is 1. The van der Waals surface area contributed by atoms with Gasteiger partial charge in [-0.15, -0.1) is 0 Å². The summed E-state index contributed by atoms with van der Waals surface area (Å²) in [5, 5.41) is 14.6. The average molecular weight is 413 g/mol. The summed E-state index contributed by atoms with van der Waals surface area (Å²) >= 11 is 0. The molecule has 1 atom stereocenters. The molecule has 29 heavy (non-hydrogen) atoms. The molecule has 0 amide bonds. The van der Waals surface area contributed by atoms with Crippen molar-refractivity contribution in [3.8, 4) is 0 Å². The van der Waals surface area contributed by atoms with Crippen molar-refractivity contribution in [2.45, 2.75) is 129 Å². The van der Waals surface area contributed by atoms with Gasteiger partial charge in [0.25, 0.3) is 0 Å². The van der Waals surface area contributed by atoms with Gasteiger partial charge in [-0.2, -0.15) is 5.06 Å². The molecule has 0 radical (unpaired) electrons. The maximum Gasteiger partial charge on any atom is 0.0476 e. The van der Waals surface area contributed by atoms with E-state index < -0.39 is 0 Å². The fourth-order valence-electron chi connectivity index (χ4n) is 4.28. The molecule has 0 aromatic rings. The topological polar surface area (TPSA) is 44.7 Å². The lowest BCUT2D eigenvalue weighted by molar-refractivity contribution is -0.138. The van der Waals surface area contributed by atoms with Crippen LogP contribution in [0.15, 0.2) is 0 Å². The molecule has 1 fully saturated rings. The molecule has 2 N–H and O–H groups in total. The Labute approximate surface area is 182 Å². The lowest BCUT2D eigenvalue weighted by atomic mass is 10.0. The van der Waals surface area contributed by atoms with Gasteiger partial charge in [0, 0.05) is 38.9 Å². The SMILES string of the molecule is CCCCCCCCCCCCCCCCCCOCCCC1CNCCN1O. The molecular weight excluding hydrogens is 360 g/mol. The van der Waals surface area contributed by atoms with Crippen molar-refractivity contribution in [2.75, 3.05) is 32.8 Å². The van der Waals surface area contributed by atoms with Gasteiger partial charge in [-0.25, -0.2) is 0 Å². The van der Waals surface area contributed by atoms with Crippen LogP contribution in [0.5, 0.6) is 0 Å². The summed E-state index contributed by atoms with van der Waals surface area (Å²) in [6, 6.07) is 0.267. The number of hydrogen-bond donors (Lipinski definition) is 2. The Bertz CT molecular complexity index is 328. The lowest BCUT2D eigenvalue weighted by Crippen LogP contribution is -2.49. The van der Waals surface area contributed by atoms with E-state index in [1.54, 1.807) is 0 Å². The molecule has 0 saturated carbocycles. The molecule has 1 rings (SSSR count). The molecule has 1 heterocycles. The quantitative estimate of drug-likeness (QED) is 0.206. The molecule has 0 spiro atoms. The van der Waals surface area contributed by atoms with Gasteiger partial charge in [-0.05, 0) is 19.3 Å². The van der Waals surface area contributed by atoms with E-state index >= 15 is 0 Å². The van der Waals surface area contributed by atoms with Crippen molar-refractivity contribution in [1.82, 2.24) is 10.4 Å². The molecule has 174 valence electrons. The monoisotopic (exact) mass is 412 g/mol. The first-order valence-electron chi connectivity index (χ1n) is 13.1. The third-order valence-corrected chi connectivity index (χ3v) is 6.29. The fourth-order valence-corrected chi connectivity index (χ4v) is 4.28. The van der Waals surface area contributed by atoms with Gasteiger partial charge in [0.05, 0.1) is 0 Å². The van der Waals surface area contributed by atoms with Gasteiger partial charge in [0.1, 0.15) is 0 Å². The van der Waals surface area contributed by atoms with Crippen molar-refractivity contribution in [3.63, 3.8) is 0 Å². The molecule has 4 nitrogen and oxygen atoms in total. The fraction of sp³-hybridized carbons (Fsp3) is 1.00. The van der Waals surface area contributed by atoms with E-state index in [1.165, 1.54) is 108 Å². The smallest absolute Gasteiger partial charge is 0.0476 e. The number of nitrogens with one attached hydrogen (secondary N) is 1. The number of hydroxylamine groups is 2. The second-order valence-electron chi connectivity index (χ2n) is 9.08. The summed E-state index contributed by atoms with van der Waals surface area (Å²) < 4.78 is 5.76. The number of piperazine rings is 1. The first-order chi connectivity index (χ1) is 14.3. The zero-order valence-electron chi connectivity index (χ0n) is 19.6. The number of nitrogens with zero attached hydrogens (tertiary/aromatic N) is 1. The van der Waals surface area contributed by atoms with Crippen LogP contribution in [0, 0.1) is 0 Å². The van der Waals surface area contributed by atoms with Crippen molar-refractivity contribution in [3.05, 3.63) is 0 Å². The minimum atomic E-state index is 0.267. The van der Waals surface area contributed by atoms with Crippen LogP contribution in [-0.2, 0) is 4.74 Å². The van der Waals surface area contributed by atoms with E-state index in [-0.39, 0.29) is 6.04 Å². The molecule has 0 aromatic carbocycles. The second-order valence-corrected chi connectivity index (χ2v) is 9.08. The van der Waals surface area contributed by atoms with E-state index in [0.29, 0.717) is 0 Å². The van der Waals surface area contributed by atoms with Crippen LogP contribution in [-0.4, -0.2) is 49.2 Å². The minimum Gasteiger partial charge on any atom is -0.381 e. The predicted octanol–water partition coefficient (Wildman–Crippen LogP) is 6.71. The van der Waals surface area contributed by atoms with Crippen molar-refractivity contribution in [1.29, 1.82) is 0 Å². The van der Waals surface area contributed by atoms with Crippen LogP contribution in [0.25, 0.3) is 0 Å². The van der Waals surface area contributed by atoms with Gasteiger partial charge in [0.2, 0.25) is 0 Å². The van der Waals surface area contributed by atoms with E-state index in [2.05, 4.69) is 12.2 Å². The molecule has 0 bridgehead atoms. The summed E-state index contributed by atoms with van der Waals surface area (Å²) in [7, 11) is 0. The minimum absolute atomic E-state index is 0.267. The Morgan fingerprint density at radius 1 is 0.724 bits per heavy atom. The summed E-state index contributed by atoms with van der Waals surface area (Å²) in [5.41, 5.74) is 0. The Kier molecular flexibility index (Phi) is 19.5. The average Bonchev–Trinajstić information content (AvgIpc) is 2.73. The number of rotatable bonds is 21. The highest BCUT2D eigenvalue weighted by Gasteiger charge is 2.19. The van der Waals surface area contributed by atoms with Crippen LogP contribution in [0.2, 0.25) is 0 Å². The zero-order valence-corrected chi connectivity index (χ0v) is 19.6. The van der Waals surface area contributed by atoms with Gasteiger partial charge >= 0.3 is 0 Å². The van der Waals surface area contributed by atoms with Crippen LogP contribution < -0.4 is 5.32 Å². The van der Waals surface area contributed by atoms with Crippen LogP contribution >= 0.6 is 0 Å². The number of unbranched alkanes of at least 4 members (excludes halogenated alkanes) is 15. The predicted molar refractivity (Wildman–Crippen MR) is 125 cm³/mol. The van der Waals surface area contributed by atoms with E-state index in [1.807, 2.05) is 0 Å². The molecular formula is C25H52N2O2. The standard InChI is InChI=1S/C25H52N2O2/c1-2-3-4-5-6-7-8-9-10-11-12-13-14-15-16-17-22-29-23-18-19-25-24-26-20-21-27(25)28/h25-26,28H,2-24H2,1H3. The first-order valence-corrected chi connectivity index (χ1v) is 13.1. The largest absolute Gasteiger partial charge is 0.381 e. The molecule has 1 aliphatic heterocycles. The van der Waals surface area contributed by atoms with E-state index in [0.717, 1.165) is 45.7 Å². The maximum atomic E-state index is 9.78. The summed E-state index contributed by atoms with van der Waals surface area (Å²) in [5.74, 6) is 0. The lowest BCUT2D eigenvalue weighted by Gasteiger charge is -2.31. The Morgan fingerprint density at radius 2 is 1.21 bits per heavy atom.